The summed E-state index contributed by atoms with van der Waals surface area (Å²) in [5.41, 5.74) is 0. The van der Waals surface area contributed by atoms with Crippen molar-refractivity contribution in [1.82, 2.24) is 0 Å². The second kappa shape index (κ2) is 2.11. The molecule has 0 aromatic carbocycles. The van der Waals surface area contributed by atoms with Gasteiger partial charge < -0.3 is 9.47 Å². The van der Waals surface area contributed by atoms with Gasteiger partial charge >= 0.3 is 0 Å². The second-order valence-electron chi connectivity index (χ2n) is 3.29. The highest BCUT2D eigenvalue weighted by molar-refractivity contribution is 5.89. The molecule has 0 aliphatic carbocycles. The first-order valence-corrected chi connectivity index (χ1v) is 4.03. The molecule has 0 aromatic rings. The summed E-state index contributed by atoms with van der Waals surface area (Å²) in [7, 11) is 0. The van der Waals surface area contributed by atoms with Crippen LogP contribution >= 0.6 is 0 Å². The van der Waals surface area contributed by atoms with E-state index < -0.39 is 6.29 Å². The van der Waals surface area contributed by atoms with E-state index in [1.165, 1.54) is 0 Å². The number of hydrogen-bond acceptors (Lipinski definition) is 5. The maximum Gasteiger partial charge on any atom is 0.220 e. The van der Waals surface area contributed by atoms with Crippen LogP contribution in [0.1, 0.15) is 0 Å². The Balaban J connectivity index is 1.98. The van der Waals surface area contributed by atoms with Crippen molar-refractivity contribution >= 4 is 5.78 Å². The maximum absolute atomic E-state index is 11.5. The van der Waals surface area contributed by atoms with Crippen molar-refractivity contribution in [2.24, 2.45) is 16.1 Å². The Hall–Kier alpha value is -0.810. The van der Waals surface area contributed by atoms with Gasteiger partial charge in [-0.05, 0) is 0 Å². The first kappa shape index (κ1) is 6.68. The van der Waals surface area contributed by atoms with E-state index in [1.54, 1.807) is 0 Å². The number of fused-ring (bicyclic) bond motifs is 4. The van der Waals surface area contributed by atoms with Crippen LogP contribution in [-0.2, 0) is 14.3 Å². The minimum atomic E-state index is -0.659. The van der Waals surface area contributed by atoms with Gasteiger partial charge in [-0.15, -0.1) is 0 Å². The molecule has 2 bridgehead atoms. The lowest BCUT2D eigenvalue weighted by Gasteiger charge is -2.25. The summed E-state index contributed by atoms with van der Waals surface area (Å²) in [5.74, 6) is 0.0752. The van der Waals surface area contributed by atoms with Gasteiger partial charge in [0.2, 0.25) is 12.1 Å². The number of hydrogen-bond donors (Lipinski definition) is 0. The van der Waals surface area contributed by atoms with Gasteiger partial charge in [0.05, 0.1) is 19.3 Å². The van der Waals surface area contributed by atoms with Gasteiger partial charge in [-0.1, -0.05) is 0 Å². The molecule has 0 saturated carbocycles. The van der Waals surface area contributed by atoms with E-state index in [9.17, 15) is 4.79 Å². The minimum absolute atomic E-state index is 0.0349. The van der Waals surface area contributed by atoms with Gasteiger partial charge in [0, 0.05) is 5.92 Å². The monoisotopic (exact) mass is 168 g/mol. The Kier molecular flexibility index (Phi) is 1.18. The lowest BCUT2D eigenvalue weighted by molar-refractivity contribution is -0.158. The fourth-order valence-electron chi connectivity index (χ4n) is 1.94. The SMILES string of the molecule is O=C1C2OCC(O2)C2CN=NC12. The summed E-state index contributed by atoms with van der Waals surface area (Å²) >= 11 is 0. The van der Waals surface area contributed by atoms with Crippen LogP contribution in [0.25, 0.3) is 0 Å². The molecule has 2 saturated heterocycles. The van der Waals surface area contributed by atoms with E-state index in [1.807, 2.05) is 0 Å². The van der Waals surface area contributed by atoms with Crippen LogP contribution in [0.2, 0.25) is 0 Å². The van der Waals surface area contributed by atoms with Crippen molar-refractivity contribution in [3.63, 3.8) is 0 Å². The Morgan fingerprint density at radius 3 is 3.33 bits per heavy atom. The van der Waals surface area contributed by atoms with Crippen molar-refractivity contribution in [3.05, 3.63) is 0 Å². The normalized spacial score (nSPS) is 49.8. The molecule has 5 heteroatoms. The second-order valence-corrected chi connectivity index (χ2v) is 3.29. The van der Waals surface area contributed by atoms with E-state index in [2.05, 4.69) is 10.2 Å². The highest BCUT2D eigenvalue weighted by Gasteiger charge is 2.51. The smallest absolute Gasteiger partial charge is 0.220 e. The summed E-state index contributed by atoms with van der Waals surface area (Å²) in [5, 5.41) is 7.76. The number of rotatable bonds is 0. The zero-order valence-electron chi connectivity index (χ0n) is 6.34. The standard InChI is InChI=1S/C7H8N2O3/c10-6-5-3(1-8-9-5)4-2-11-7(6)12-4/h3-5,7H,1-2H2. The van der Waals surface area contributed by atoms with Crippen molar-refractivity contribution in [3.8, 4) is 0 Å². The first-order valence-electron chi connectivity index (χ1n) is 4.03. The third-order valence-electron chi connectivity index (χ3n) is 2.62. The van der Waals surface area contributed by atoms with Crippen molar-refractivity contribution < 1.29 is 14.3 Å². The Bertz CT molecular complexity index is 265. The molecule has 3 aliphatic rings. The third kappa shape index (κ3) is 0.676. The fourth-order valence-corrected chi connectivity index (χ4v) is 1.94. The van der Waals surface area contributed by atoms with Gasteiger partial charge in [-0.3, -0.25) is 4.79 Å². The average Bonchev–Trinajstić information content (AvgIpc) is 2.69. The number of azo groups is 1. The molecular formula is C7H8N2O3. The lowest BCUT2D eigenvalue weighted by Crippen LogP contribution is -2.45. The third-order valence-corrected chi connectivity index (χ3v) is 2.62. The van der Waals surface area contributed by atoms with Gasteiger partial charge in [-0.2, -0.15) is 10.2 Å². The molecular weight excluding hydrogens is 160 g/mol. The molecule has 0 aromatic heterocycles. The van der Waals surface area contributed by atoms with Crippen LogP contribution in [-0.4, -0.2) is 37.4 Å². The topological polar surface area (TPSA) is 60.2 Å². The number of ketones is 1. The molecule has 0 spiro atoms. The van der Waals surface area contributed by atoms with E-state index >= 15 is 0 Å². The van der Waals surface area contributed by atoms with Crippen molar-refractivity contribution in [2.45, 2.75) is 18.4 Å². The summed E-state index contributed by atoms with van der Waals surface area (Å²) < 4.78 is 10.5. The Morgan fingerprint density at radius 1 is 1.50 bits per heavy atom. The molecule has 64 valence electrons. The van der Waals surface area contributed by atoms with Crippen molar-refractivity contribution in [2.75, 3.05) is 13.2 Å². The highest BCUT2D eigenvalue weighted by atomic mass is 16.7. The zero-order valence-corrected chi connectivity index (χ0v) is 6.34. The maximum atomic E-state index is 11.5. The Morgan fingerprint density at radius 2 is 2.42 bits per heavy atom. The van der Waals surface area contributed by atoms with Crippen molar-refractivity contribution in [1.29, 1.82) is 0 Å². The largest absolute Gasteiger partial charge is 0.343 e. The summed E-state index contributed by atoms with van der Waals surface area (Å²) in [6.07, 6.45) is -0.624. The number of carbonyl (C=O) groups excluding carboxylic acids is 1. The molecule has 2 fully saturated rings. The van der Waals surface area contributed by atoms with Crippen LogP contribution in [0.5, 0.6) is 0 Å². The number of ether oxygens (including phenoxy) is 2. The molecule has 0 radical (unpaired) electrons. The molecule has 0 amide bonds. The predicted molar refractivity (Wildman–Crippen MR) is 36.6 cm³/mol. The van der Waals surface area contributed by atoms with Crippen LogP contribution in [0.3, 0.4) is 0 Å². The van der Waals surface area contributed by atoms with Gasteiger partial charge in [0.25, 0.3) is 0 Å². The van der Waals surface area contributed by atoms with E-state index in [0.29, 0.717) is 13.2 Å². The molecule has 0 N–H and O–H groups in total. The molecule has 4 atom stereocenters. The van der Waals surface area contributed by atoms with Crippen LogP contribution < -0.4 is 0 Å². The predicted octanol–water partition coefficient (Wildman–Crippen LogP) is -0.239. The van der Waals surface area contributed by atoms with Crippen LogP contribution in [0, 0.1) is 5.92 Å². The molecule has 5 nitrogen and oxygen atoms in total. The zero-order chi connectivity index (χ0) is 8.13. The number of nitrogens with zero attached hydrogens (tertiary/aromatic N) is 2. The van der Waals surface area contributed by atoms with Crippen LogP contribution in [0.15, 0.2) is 10.2 Å². The molecule has 3 rings (SSSR count). The van der Waals surface area contributed by atoms with Gasteiger partial charge in [0.15, 0.2) is 0 Å². The molecule has 3 aliphatic heterocycles. The average molecular weight is 168 g/mol. The number of carbonyl (C=O) groups is 1. The number of Topliss-reactive ketones (excluding diaryl/α,β-unsaturated/α-hetero) is 1. The quantitative estimate of drug-likeness (QED) is 0.501. The highest BCUT2D eigenvalue weighted by Crippen LogP contribution is 2.34. The minimum Gasteiger partial charge on any atom is -0.343 e. The molecule has 12 heavy (non-hydrogen) atoms. The first-order chi connectivity index (χ1) is 5.86. The molecule has 3 heterocycles. The summed E-state index contributed by atoms with van der Waals surface area (Å²) in [6.45, 7) is 1.12. The van der Waals surface area contributed by atoms with Gasteiger partial charge in [-0.25, -0.2) is 0 Å². The van der Waals surface area contributed by atoms with Crippen LogP contribution in [0.4, 0.5) is 0 Å². The fraction of sp³-hybridized carbons (Fsp3) is 0.857. The Labute approximate surface area is 68.7 Å². The molecule has 4 unspecified atom stereocenters. The van der Waals surface area contributed by atoms with E-state index in [0.717, 1.165) is 0 Å². The summed E-state index contributed by atoms with van der Waals surface area (Å²) in [6, 6.07) is -0.281. The summed E-state index contributed by atoms with van der Waals surface area (Å²) in [4.78, 5) is 11.5. The lowest BCUT2D eigenvalue weighted by atomic mass is 9.91. The van der Waals surface area contributed by atoms with Gasteiger partial charge in [0.1, 0.15) is 6.04 Å². The van der Waals surface area contributed by atoms with E-state index in [-0.39, 0.29) is 23.8 Å². The van der Waals surface area contributed by atoms with E-state index in [4.69, 9.17) is 9.47 Å².